The molecule has 110 valence electrons. The van der Waals surface area contributed by atoms with Gasteiger partial charge in [0, 0.05) is 10.9 Å². The molecule has 0 aromatic carbocycles. The maximum Gasteiger partial charge on any atom is 0.348 e. The average Bonchev–Trinajstić information content (AvgIpc) is 2.88. The Morgan fingerprint density at radius 3 is 2.85 bits per heavy atom. The van der Waals surface area contributed by atoms with E-state index in [0.717, 1.165) is 19.3 Å². The Bertz CT molecular complexity index is 472. The molecule has 1 atom stereocenters. The molecular weight excluding hydrogens is 274 g/mol. The van der Waals surface area contributed by atoms with Gasteiger partial charge in [-0.3, -0.25) is 4.79 Å². The molecule has 4 nitrogen and oxygen atoms in total. The summed E-state index contributed by atoms with van der Waals surface area (Å²) in [7, 11) is 0. The number of amides is 1. The molecule has 2 rings (SSSR count). The molecule has 1 aromatic heterocycles. The zero-order valence-electron chi connectivity index (χ0n) is 12.0. The summed E-state index contributed by atoms with van der Waals surface area (Å²) in [5, 5.41) is 2.77. The minimum atomic E-state index is -0.385. The van der Waals surface area contributed by atoms with Crippen molar-refractivity contribution in [1.29, 1.82) is 0 Å². The fourth-order valence-corrected chi connectivity index (χ4v) is 3.36. The predicted molar refractivity (Wildman–Crippen MR) is 79.1 cm³/mol. The van der Waals surface area contributed by atoms with Gasteiger partial charge in [0.05, 0.1) is 0 Å². The van der Waals surface area contributed by atoms with Gasteiger partial charge in [-0.1, -0.05) is 6.92 Å². The predicted octanol–water partition coefficient (Wildman–Crippen LogP) is 2.70. The lowest BCUT2D eigenvalue weighted by molar-refractivity contribution is -0.124. The van der Waals surface area contributed by atoms with E-state index in [1.807, 2.05) is 19.9 Å². The van der Waals surface area contributed by atoms with E-state index in [0.29, 0.717) is 4.88 Å². The second-order valence-corrected chi connectivity index (χ2v) is 6.36. The van der Waals surface area contributed by atoms with Crippen molar-refractivity contribution >= 4 is 23.2 Å². The van der Waals surface area contributed by atoms with Crippen molar-refractivity contribution in [2.24, 2.45) is 0 Å². The largest absolute Gasteiger partial charge is 0.451 e. The van der Waals surface area contributed by atoms with Crippen LogP contribution in [0.15, 0.2) is 6.07 Å². The van der Waals surface area contributed by atoms with E-state index in [-0.39, 0.29) is 24.5 Å². The van der Waals surface area contributed by atoms with Gasteiger partial charge in [0.15, 0.2) is 6.61 Å². The number of ether oxygens (including phenoxy) is 1. The SMILES string of the molecule is CC[C@@H](C)NC(=O)COC(=O)c1cc2c(s1)CCCC2. The Morgan fingerprint density at radius 1 is 1.40 bits per heavy atom. The van der Waals surface area contributed by atoms with Gasteiger partial charge in [-0.15, -0.1) is 11.3 Å². The van der Waals surface area contributed by atoms with Crippen LogP contribution in [0.1, 0.15) is 53.2 Å². The second kappa shape index (κ2) is 6.88. The first-order chi connectivity index (χ1) is 9.60. The van der Waals surface area contributed by atoms with Crippen molar-refractivity contribution in [1.82, 2.24) is 5.32 Å². The van der Waals surface area contributed by atoms with E-state index < -0.39 is 0 Å². The van der Waals surface area contributed by atoms with Crippen LogP contribution in [0.2, 0.25) is 0 Å². The smallest absolute Gasteiger partial charge is 0.348 e. The lowest BCUT2D eigenvalue weighted by Gasteiger charge is -2.11. The van der Waals surface area contributed by atoms with E-state index >= 15 is 0 Å². The van der Waals surface area contributed by atoms with E-state index in [2.05, 4.69) is 5.32 Å². The summed E-state index contributed by atoms with van der Waals surface area (Å²) in [4.78, 5) is 25.4. The standard InChI is InChI=1S/C15H21NO3S/c1-3-10(2)16-14(17)9-19-15(18)13-8-11-6-4-5-7-12(11)20-13/h8,10H,3-7,9H2,1-2H3,(H,16,17)/t10-/m1/s1. The molecule has 0 aliphatic heterocycles. The van der Waals surface area contributed by atoms with Crippen LogP contribution in [0.25, 0.3) is 0 Å². The molecule has 1 aliphatic rings. The first-order valence-corrected chi connectivity index (χ1v) is 8.00. The molecular formula is C15H21NO3S. The van der Waals surface area contributed by atoms with Gasteiger partial charge in [-0.05, 0) is 50.7 Å². The van der Waals surface area contributed by atoms with Crippen LogP contribution in [-0.4, -0.2) is 24.5 Å². The molecule has 20 heavy (non-hydrogen) atoms. The summed E-state index contributed by atoms with van der Waals surface area (Å²) in [6.07, 6.45) is 5.35. The van der Waals surface area contributed by atoms with E-state index in [1.165, 1.54) is 34.6 Å². The number of hydrogen-bond donors (Lipinski definition) is 1. The molecule has 1 aliphatic carbocycles. The van der Waals surface area contributed by atoms with Crippen LogP contribution in [0, 0.1) is 0 Å². The van der Waals surface area contributed by atoms with Gasteiger partial charge in [-0.2, -0.15) is 0 Å². The Hall–Kier alpha value is -1.36. The van der Waals surface area contributed by atoms with Gasteiger partial charge in [0.2, 0.25) is 0 Å². The molecule has 1 N–H and O–H groups in total. The van der Waals surface area contributed by atoms with Crippen molar-refractivity contribution in [3.63, 3.8) is 0 Å². The lowest BCUT2D eigenvalue weighted by Crippen LogP contribution is -2.35. The third-order valence-electron chi connectivity index (χ3n) is 3.55. The van der Waals surface area contributed by atoms with E-state index in [9.17, 15) is 9.59 Å². The number of carbonyl (C=O) groups is 2. The maximum atomic E-state index is 11.9. The minimum Gasteiger partial charge on any atom is -0.451 e. The molecule has 0 spiro atoms. The van der Waals surface area contributed by atoms with Crippen LogP contribution in [0.3, 0.4) is 0 Å². The van der Waals surface area contributed by atoms with Crippen molar-refractivity contribution in [2.45, 2.75) is 52.0 Å². The zero-order chi connectivity index (χ0) is 14.5. The fraction of sp³-hybridized carbons (Fsp3) is 0.600. The molecule has 5 heteroatoms. The fourth-order valence-electron chi connectivity index (χ4n) is 2.21. The first-order valence-electron chi connectivity index (χ1n) is 7.18. The number of carbonyl (C=O) groups excluding carboxylic acids is 2. The van der Waals surface area contributed by atoms with Crippen molar-refractivity contribution in [3.05, 3.63) is 21.4 Å². The summed E-state index contributed by atoms with van der Waals surface area (Å²) in [6, 6.07) is 2.03. The lowest BCUT2D eigenvalue weighted by atomic mass is 9.99. The van der Waals surface area contributed by atoms with Crippen LogP contribution < -0.4 is 5.32 Å². The molecule has 0 saturated heterocycles. The van der Waals surface area contributed by atoms with Gasteiger partial charge < -0.3 is 10.1 Å². The Balaban J connectivity index is 1.85. The number of hydrogen-bond acceptors (Lipinski definition) is 4. The number of fused-ring (bicyclic) bond motifs is 1. The maximum absolute atomic E-state index is 11.9. The van der Waals surface area contributed by atoms with Crippen LogP contribution >= 0.6 is 11.3 Å². The normalized spacial score (nSPS) is 15.3. The Labute approximate surface area is 123 Å². The molecule has 0 saturated carbocycles. The van der Waals surface area contributed by atoms with Gasteiger partial charge in [0.1, 0.15) is 4.88 Å². The van der Waals surface area contributed by atoms with Crippen molar-refractivity contribution in [2.75, 3.05) is 6.61 Å². The summed E-state index contributed by atoms with van der Waals surface area (Å²) in [5.74, 6) is -0.627. The van der Waals surface area contributed by atoms with Crippen LogP contribution in [0.5, 0.6) is 0 Å². The number of esters is 1. The van der Waals surface area contributed by atoms with E-state index in [4.69, 9.17) is 4.74 Å². The molecule has 0 unspecified atom stereocenters. The topological polar surface area (TPSA) is 55.4 Å². The first kappa shape index (κ1) is 15.0. The van der Waals surface area contributed by atoms with Crippen molar-refractivity contribution in [3.8, 4) is 0 Å². The molecule has 0 radical (unpaired) electrons. The minimum absolute atomic E-state index is 0.107. The molecule has 1 heterocycles. The highest BCUT2D eigenvalue weighted by atomic mass is 32.1. The van der Waals surface area contributed by atoms with E-state index in [1.54, 1.807) is 0 Å². The van der Waals surface area contributed by atoms with Crippen molar-refractivity contribution < 1.29 is 14.3 Å². The number of aryl methyl sites for hydroxylation is 2. The monoisotopic (exact) mass is 295 g/mol. The second-order valence-electron chi connectivity index (χ2n) is 5.22. The Kier molecular flexibility index (Phi) is 5.17. The van der Waals surface area contributed by atoms with Gasteiger partial charge in [-0.25, -0.2) is 4.79 Å². The zero-order valence-corrected chi connectivity index (χ0v) is 12.8. The highest BCUT2D eigenvalue weighted by molar-refractivity contribution is 7.14. The molecule has 1 aromatic rings. The summed E-state index contributed by atoms with van der Waals surface area (Å²) in [5.41, 5.74) is 1.28. The number of rotatable bonds is 5. The molecule has 1 amide bonds. The molecule has 0 fully saturated rings. The van der Waals surface area contributed by atoms with Crippen LogP contribution in [0.4, 0.5) is 0 Å². The average molecular weight is 295 g/mol. The highest BCUT2D eigenvalue weighted by Crippen LogP contribution is 2.29. The molecule has 0 bridgehead atoms. The number of thiophene rings is 1. The highest BCUT2D eigenvalue weighted by Gasteiger charge is 2.19. The quantitative estimate of drug-likeness (QED) is 0.850. The summed E-state index contributed by atoms with van der Waals surface area (Å²) >= 11 is 1.51. The van der Waals surface area contributed by atoms with Gasteiger partial charge >= 0.3 is 5.97 Å². The number of nitrogens with one attached hydrogen (secondary N) is 1. The third kappa shape index (κ3) is 3.82. The van der Waals surface area contributed by atoms with Gasteiger partial charge in [0.25, 0.3) is 5.91 Å². The van der Waals surface area contributed by atoms with Crippen LogP contribution in [-0.2, 0) is 22.4 Å². The Morgan fingerprint density at radius 2 is 2.15 bits per heavy atom. The third-order valence-corrected chi connectivity index (χ3v) is 4.77. The summed E-state index contributed by atoms with van der Waals surface area (Å²) in [6.45, 7) is 3.71. The summed E-state index contributed by atoms with van der Waals surface area (Å²) < 4.78 is 5.07.